The zero-order valence-corrected chi connectivity index (χ0v) is 9.65. The van der Waals surface area contributed by atoms with Crippen LogP contribution in [0.3, 0.4) is 0 Å². The second-order valence-electron chi connectivity index (χ2n) is 3.90. The first-order valence-electron chi connectivity index (χ1n) is 5.22. The largest absolute Gasteiger partial charge is 0.481 e. The molecule has 1 aromatic rings. The number of amides is 1. The van der Waals surface area contributed by atoms with Crippen LogP contribution >= 0.6 is 0 Å². The molecule has 8 heteroatoms. The number of hydrogen-bond donors (Lipinski definition) is 4. The monoisotopic (exact) mass is 255 g/mol. The van der Waals surface area contributed by atoms with E-state index in [1.807, 2.05) is 4.98 Å². The lowest BCUT2D eigenvalue weighted by Crippen LogP contribution is -2.35. The lowest BCUT2D eigenvalue weighted by atomic mass is 10.1. The standard InChI is InChI=1S/C10H13N3O5/c1-5(2-7(14)15)3-11-8(16)6-4-12-10(18)13-9(6)17/h4-5H,2-3H2,1H3,(H,11,16)(H,14,15)(H2,12,13,17,18). The Morgan fingerprint density at radius 1 is 1.44 bits per heavy atom. The molecule has 0 bridgehead atoms. The number of rotatable bonds is 5. The number of hydrogen-bond acceptors (Lipinski definition) is 4. The molecule has 0 saturated heterocycles. The Hall–Kier alpha value is -2.38. The van der Waals surface area contributed by atoms with Gasteiger partial charge in [0.25, 0.3) is 11.5 Å². The molecule has 0 aliphatic heterocycles. The van der Waals surface area contributed by atoms with Crippen LogP contribution in [-0.2, 0) is 4.79 Å². The van der Waals surface area contributed by atoms with Gasteiger partial charge < -0.3 is 15.4 Å². The van der Waals surface area contributed by atoms with E-state index in [1.54, 1.807) is 6.92 Å². The van der Waals surface area contributed by atoms with Crippen molar-refractivity contribution in [3.8, 4) is 0 Å². The molecule has 0 fully saturated rings. The fourth-order valence-electron chi connectivity index (χ4n) is 1.31. The number of H-pyrrole nitrogens is 2. The Morgan fingerprint density at radius 3 is 2.67 bits per heavy atom. The maximum atomic E-state index is 11.6. The number of aromatic amines is 2. The van der Waals surface area contributed by atoms with E-state index in [2.05, 4.69) is 10.3 Å². The molecule has 1 aromatic heterocycles. The van der Waals surface area contributed by atoms with Crippen molar-refractivity contribution < 1.29 is 14.7 Å². The van der Waals surface area contributed by atoms with Gasteiger partial charge in [-0.05, 0) is 5.92 Å². The summed E-state index contributed by atoms with van der Waals surface area (Å²) < 4.78 is 0. The Morgan fingerprint density at radius 2 is 2.11 bits per heavy atom. The summed E-state index contributed by atoms with van der Waals surface area (Å²) in [5.74, 6) is -1.88. The van der Waals surface area contributed by atoms with Crippen molar-refractivity contribution in [1.82, 2.24) is 15.3 Å². The Bertz CT molecular complexity index is 559. The quantitative estimate of drug-likeness (QED) is 0.530. The molecule has 0 aliphatic rings. The topological polar surface area (TPSA) is 132 Å². The highest BCUT2D eigenvalue weighted by Gasteiger charge is 2.13. The molecule has 1 unspecified atom stereocenters. The van der Waals surface area contributed by atoms with Gasteiger partial charge in [0.15, 0.2) is 0 Å². The number of aromatic nitrogens is 2. The molecule has 1 atom stereocenters. The summed E-state index contributed by atoms with van der Waals surface area (Å²) in [6, 6.07) is 0. The van der Waals surface area contributed by atoms with Crippen molar-refractivity contribution in [2.75, 3.05) is 6.54 Å². The summed E-state index contributed by atoms with van der Waals surface area (Å²) in [7, 11) is 0. The number of carboxylic acid groups (broad SMARTS) is 1. The molecule has 1 amide bonds. The van der Waals surface area contributed by atoms with Crippen molar-refractivity contribution in [2.24, 2.45) is 5.92 Å². The molecular formula is C10H13N3O5. The predicted octanol–water partition coefficient (Wildman–Crippen LogP) is -1.10. The van der Waals surface area contributed by atoms with Crippen molar-refractivity contribution >= 4 is 11.9 Å². The van der Waals surface area contributed by atoms with Crippen molar-refractivity contribution in [2.45, 2.75) is 13.3 Å². The van der Waals surface area contributed by atoms with Gasteiger partial charge >= 0.3 is 11.7 Å². The van der Waals surface area contributed by atoms with Crippen LogP contribution in [0.4, 0.5) is 0 Å². The first kappa shape index (κ1) is 13.7. The third-order valence-electron chi connectivity index (χ3n) is 2.20. The van der Waals surface area contributed by atoms with E-state index < -0.39 is 23.1 Å². The third kappa shape index (κ3) is 3.89. The highest BCUT2D eigenvalue weighted by Crippen LogP contribution is 1.99. The van der Waals surface area contributed by atoms with E-state index in [9.17, 15) is 19.2 Å². The van der Waals surface area contributed by atoms with E-state index in [-0.39, 0.29) is 24.4 Å². The fourth-order valence-corrected chi connectivity index (χ4v) is 1.31. The van der Waals surface area contributed by atoms with E-state index in [1.165, 1.54) is 0 Å². The molecule has 0 aliphatic carbocycles. The highest BCUT2D eigenvalue weighted by molar-refractivity contribution is 5.93. The molecule has 0 saturated carbocycles. The highest BCUT2D eigenvalue weighted by atomic mass is 16.4. The molecule has 0 aromatic carbocycles. The fraction of sp³-hybridized carbons (Fsp3) is 0.400. The maximum absolute atomic E-state index is 11.6. The second-order valence-corrected chi connectivity index (χ2v) is 3.90. The molecule has 0 spiro atoms. The van der Waals surface area contributed by atoms with Crippen LogP contribution in [0, 0.1) is 5.92 Å². The van der Waals surface area contributed by atoms with Crippen LogP contribution in [0.25, 0.3) is 0 Å². The molecular weight excluding hydrogens is 242 g/mol. The lowest BCUT2D eigenvalue weighted by molar-refractivity contribution is -0.137. The SMILES string of the molecule is CC(CNC(=O)c1c[nH]c(=O)[nH]c1=O)CC(=O)O. The van der Waals surface area contributed by atoms with E-state index in [0.29, 0.717) is 0 Å². The zero-order chi connectivity index (χ0) is 13.7. The molecule has 1 heterocycles. The summed E-state index contributed by atoms with van der Waals surface area (Å²) in [6.45, 7) is 1.79. The molecule has 98 valence electrons. The van der Waals surface area contributed by atoms with Crippen LogP contribution in [0.1, 0.15) is 23.7 Å². The molecule has 1 rings (SSSR count). The zero-order valence-electron chi connectivity index (χ0n) is 9.65. The predicted molar refractivity (Wildman–Crippen MR) is 61.4 cm³/mol. The van der Waals surface area contributed by atoms with E-state index in [0.717, 1.165) is 6.20 Å². The number of carbonyl (C=O) groups excluding carboxylic acids is 1. The molecule has 4 N–H and O–H groups in total. The summed E-state index contributed by atoms with van der Waals surface area (Å²) in [5, 5.41) is 11.0. The van der Waals surface area contributed by atoms with Crippen LogP contribution < -0.4 is 16.6 Å². The minimum Gasteiger partial charge on any atom is -0.481 e. The van der Waals surface area contributed by atoms with Crippen LogP contribution in [0.2, 0.25) is 0 Å². The van der Waals surface area contributed by atoms with Gasteiger partial charge in [0.1, 0.15) is 5.56 Å². The minimum absolute atomic E-state index is 0.0811. The summed E-state index contributed by atoms with van der Waals surface area (Å²) in [6.07, 6.45) is 0.931. The van der Waals surface area contributed by atoms with Gasteiger partial charge in [-0.2, -0.15) is 0 Å². The summed E-state index contributed by atoms with van der Waals surface area (Å²) in [4.78, 5) is 48.1. The van der Waals surface area contributed by atoms with Gasteiger partial charge in [0, 0.05) is 19.2 Å². The molecule has 8 nitrogen and oxygen atoms in total. The van der Waals surface area contributed by atoms with E-state index >= 15 is 0 Å². The van der Waals surface area contributed by atoms with Crippen LogP contribution in [-0.4, -0.2) is 33.5 Å². The van der Waals surface area contributed by atoms with Gasteiger partial charge in [-0.3, -0.25) is 19.4 Å². The Kier molecular flexibility index (Phi) is 4.41. The van der Waals surface area contributed by atoms with Crippen molar-refractivity contribution in [3.05, 3.63) is 32.6 Å². The average molecular weight is 255 g/mol. The van der Waals surface area contributed by atoms with Crippen molar-refractivity contribution in [3.63, 3.8) is 0 Å². The first-order valence-corrected chi connectivity index (χ1v) is 5.22. The second kappa shape index (κ2) is 5.80. The number of nitrogens with one attached hydrogen (secondary N) is 3. The van der Waals surface area contributed by atoms with Gasteiger partial charge in [-0.25, -0.2) is 4.79 Å². The summed E-state index contributed by atoms with van der Waals surface area (Å²) in [5.41, 5.74) is -1.71. The average Bonchev–Trinajstić information content (AvgIpc) is 2.25. The minimum atomic E-state index is -0.960. The van der Waals surface area contributed by atoms with Gasteiger partial charge in [-0.1, -0.05) is 6.92 Å². The third-order valence-corrected chi connectivity index (χ3v) is 2.20. The molecule has 18 heavy (non-hydrogen) atoms. The Labute approximate surface area is 101 Å². The van der Waals surface area contributed by atoms with Crippen LogP contribution in [0.15, 0.2) is 15.8 Å². The normalized spacial score (nSPS) is 11.8. The summed E-state index contributed by atoms with van der Waals surface area (Å²) >= 11 is 0. The van der Waals surface area contributed by atoms with Crippen LogP contribution in [0.5, 0.6) is 0 Å². The molecule has 0 radical (unpaired) electrons. The smallest absolute Gasteiger partial charge is 0.325 e. The van der Waals surface area contributed by atoms with Gasteiger partial charge in [0.05, 0.1) is 0 Å². The van der Waals surface area contributed by atoms with Gasteiger partial charge in [0.2, 0.25) is 0 Å². The van der Waals surface area contributed by atoms with Gasteiger partial charge in [-0.15, -0.1) is 0 Å². The number of carbonyl (C=O) groups is 2. The van der Waals surface area contributed by atoms with E-state index in [4.69, 9.17) is 5.11 Å². The number of aliphatic carboxylic acids is 1. The lowest BCUT2D eigenvalue weighted by Gasteiger charge is -2.09. The number of carboxylic acids is 1. The Balaban J connectivity index is 2.63. The first-order chi connectivity index (χ1) is 8.40. The maximum Gasteiger partial charge on any atom is 0.325 e. The van der Waals surface area contributed by atoms with Crippen molar-refractivity contribution in [1.29, 1.82) is 0 Å².